The summed E-state index contributed by atoms with van der Waals surface area (Å²) in [5, 5.41) is 2.76. The fraction of sp³-hybridized carbons (Fsp3) is 0.182. The Bertz CT molecular complexity index is 1090. The van der Waals surface area contributed by atoms with E-state index in [0.29, 0.717) is 17.0 Å². The van der Waals surface area contributed by atoms with Gasteiger partial charge in [0.25, 0.3) is 11.8 Å². The van der Waals surface area contributed by atoms with Crippen molar-refractivity contribution in [2.24, 2.45) is 0 Å². The van der Waals surface area contributed by atoms with Crippen LogP contribution in [-0.2, 0) is 6.54 Å². The predicted molar refractivity (Wildman–Crippen MR) is 110 cm³/mol. The van der Waals surface area contributed by atoms with E-state index in [2.05, 4.69) is 15.3 Å². The maximum atomic E-state index is 14.2. The van der Waals surface area contributed by atoms with E-state index >= 15 is 0 Å². The molecule has 0 aliphatic rings. The van der Waals surface area contributed by atoms with Gasteiger partial charge in [-0.05, 0) is 24.3 Å². The van der Waals surface area contributed by atoms with Crippen LogP contribution < -0.4 is 10.1 Å². The Morgan fingerprint density at radius 3 is 2.63 bits per heavy atom. The van der Waals surface area contributed by atoms with Gasteiger partial charge in [-0.15, -0.1) is 0 Å². The Balaban J connectivity index is 1.84. The third kappa shape index (κ3) is 4.78. The van der Waals surface area contributed by atoms with E-state index in [4.69, 9.17) is 4.74 Å². The van der Waals surface area contributed by atoms with Crippen LogP contribution in [-0.4, -0.2) is 47.9 Å². The van der Waals surface area contributed by atoms with Gasteiger partial charge in [-0.1, -0.05) is 18.2 Å². The van der Waals surface area contributed by atoms with E-state index in [1.807, 2.05) is 18.2 Å². The number of halogens is 1. The lowest BCUT2D eigenvalue weighted by Gasteiger charge is -2.11. The Morgan fingerprint density at radius 2 is 1.90 bits per heavy atom. The number of nitrogens with zero attached hydrogens (tertiary/aromatic N) is 3. The first-order valence-corrected chi connectivity index (χ1v) is 9.14. The summed E-state index contributed by atoms with van der Waals surface area (Å²) in [7, 11) is 4.75. The zero-order chi connectivity index (χ0) is 21.7. The summed E-state index contributed by atoms with van der Waals surface area (Å²) >= 11 is 0. The maximum absolute atomic E-state index is 14.2. The molecule has 30 heavy (non-hydrogen) atoms. The number of carbonyl (C=O) groups excluding carboxylic acids is 2. The third-order valence-corrected chi connectivity index (χ3v) is 4.35. The fourth-order valence-corrected chi connectivity index (χ4v) is 2.83. The lowest BCUT2D eigenvalue weighted by atomic mass is 10.1. The molecule has 0 unspecified atom stereocenters. The van der Waals surface area contributed by atoms with Gasteiger partial charge >= 0.3 is 0 Å². The molecule has 0 spiro atoms. The van der Waals surface area contributed by atoms with Crippen molar-refractivity contribution >= 4 is 11.8 Å². The highest BCUT2D eigenvalue weighted by Gasteiger charge is 2.15. The monoisotopic (exact) mass is 408 g/mol. The van der Waals surface area contributed by atoms with Gasteiger partial charge in [0.15, 0.2) is 0 Å². The van der Waals surface area contributed by atoms with Crippen LogP contribution in [0.1, 0.15) is 26.4 Å². The number of amides is 2. The second-order valence-electron chi connectivity index (χ2n) is 6.71. The van der Waals surface area contributed by atoms with Gasteiger partial charge in [0, 0.05) is 37.3 Å². The van der Waals surface area contributed by atoms with Gasteiger partial charge in [0.1, 0.15) is 17.3 Å². The van der Waals surface area contributed by atoms with Crippen LogP contribution >= 0.6 is 0 Å². The van der Waals surface area contributed by atoms with Crippen molar-refractivity contribution in [3.63, 3.8) is 0 Å². The molecule has 3 aromatic rings. The Hall–Kier alpha value is -3.81. The van der Waals surface area contributed by atoms with Crippen molar-refractivity contribution in [2.75, 3.05) is 21.2 Å². The number of hydrogen-bond donors (Lipinski definition) is 1. The van der Waals surface area contributed by atoms with Gasteiger partial charge < -0.3 is 15.0 Å². The van der Waals surface area contributed by atoms with Crippen LogP contribution in [0.5, 0.6) is 5.75 Å². The first-order valence-electron chi connectivity index (χ1n) is 9.14. The average molecular weight is 408 g/mol. The minimum absolute atomic E-state index is 0.129. The van der Waals surface area contributed by atoms with Crippen molar-refractivity contribution in [1.29, 1.82) is 0 Å². The summed E-state index contributed by atoms with van der Waals surface area (Å²) in [4.78, 5) is 34.4. The van der Waals surface area contributed by atoms with Gasteiger partial charge in [0.05, 0.1) is 25.2 Å². The highest BCUT2D eigenvalue weighted by Crippen LogP contribution is 2.21. The van der Waals surface area contributed by atoms with Crippen molar-refractivity contribution in [1.82, 2.24) is 20.2 Å². The number of methoxy groups -OCH3 is 1. The van der Waals surface area contributed by atoms with Crippen LogP contribution in [0.3, 0.4) is 0 Å². The molecular formula is C22H21FN4O3. The molecule has 1 heterocycles. The van der Waals surface area contributed by atoms with E-state index in [1.165, 1.54) is 29.4 Å². The summed E-state index contributed by atoms with van der Waals surface area (Å²) in [5.41, 5.74) is 1.69. The lowest BCUT2D eigenvalue weighted by Crippen LogP contribution is -2.23. The zero-order valence-corrected chi connectivity index (χ0v) is 16.8. The first-order chi connectivity index (χ1) is 14.4. The number of benzene rings is 2. The molecule has 0 atom stereocenters. The number of nitrogens with one attached hydrogen (secondary N) is 1. The lowest BCUT2D eigenvalue weighted by molar-refractivity contribution is 0.0821. The molecule has 0 aliphatic carbocycles. The molecule has 1 N–H and O–H groups in total. The molecule has 1 aromatic heterocycles. The van der Waals surface area contributed by atoms with Crippen LogP contribution in [0.15, 0.2) is 54.9 Å². The normalized spacial score (nSPS) is 10.4. The molecule has 154 valence electrons. The highest BCUT2D eigenvalue weighted by atomic mass is 19.1. The van der Waals surface area contributed by atoms with Crippen molar-refractivity contribution in [3.05, 3.63) is 77.5 Å². The predicted octanol–water partition coefficient (Wildman–Crippen LogP) is 2.92. The average Bonchev–Trinajstić information content (AvgIpc) is 2.76. The molecule has 2 amide bonds. The molecule has 0 saturated carbocycles. The van der Waals surface area contributed by atoms with Gasteiger partial charge in [-0.25, -0.2) is 9.37 Å². The van der Waals surface area contributed by atoms with Crippen LogP contribution in [0.25, 0.3) is 11.3 Å². The fourth-order valence-electron chi connectivity index (χ4n) is 2.83. The number of rotatable bonds is 6. The summed E-state index contributed by atoms with van der Waals surface area (Å²) in [5.74, 6) is -0.720. The van der Waals surface area contributed by atoms with Gasteiger partial charge in [-0.2, -0.15) is 0 Å². The standard InChI is InChI=1S/C22H21FN4O3/c1-27(2)22(29)19-13-24-12-18(26-19)15-8-16(10-17(23)9-15)21(28)25-11-14-6-4-5-7-20(14)30-3/h4-10,12-13H,11H2,1-3H3,(H,25,28). The number of hydrogen-bond acceptors (Lipinski definition) is 5. The van der Waals surface area contributed by atoms with E-state index < -0.39 is 11.7 Å². The molecule has 7 nitrogen and oxygen atoms in total. The van der Waals surface area contributed by atoms with Gasteiger partial charge in [-0.3, -0.25) is 14.6 Å². The van der Waals surface area contributed by atoms with Crippen LogP contribution in [0, 0.1) is 5.82 Å². The molecule has 2 aromatic carbocycles. The summed E-state index contributed by atoms with van der Waals surface area (Å²) in [6.07, 6.45) is 2.75. The number of ether oxygens (including phenoxy) is 1. The Labute approximate surface area is 173 Å². The smallest absolute Gasteiger partial charge is 0.273 e. The molecule has 0 radical (unpaired) electrons. The molecule has 0 fully saturated rings. The number of carbonyl (C=O) groups is 2. The van der Waals surface area contributed by atoms with Crippen molar-refractivity contribution < 1.29 is 18.7 Å². The second-order valence-corrected chi connectivity index (χ2v) is 6.71. The SMILES string of the molecule is COc1ccccc1CNC(=O)c1cc(F)cc(-c2cncc(C(=O)N(C)C)n2)c1. The quantitative estimate of drug-likeness (QED) is 0.678. The Kier molecular flexibility index (Phi) is 6.36. The second kappa shape index (κ2) is 9.13. The number of aromatic nitrogens is 2. The van der Waals surface area contributed by atoms with E-state index in [-0.39, 0.29) is 23.7 Å². The summed E-state index contributed by atoms with van der Waals surface area (Å²) < 4.78 is 19.5. The molecule has 0 bridgehead atoms. The van der Waals surface area contributed by atoms with E-state index in [0.717, 1.165) is 11.6 Å². The van der Waals surface area contributed by atoms with Crippen molar-refractivity contribution in [3.8, 4) is 17.0 Å². The zero-order valence-electron chi connectivity index (χ0n) is 16.8. The molecule has 0 aliphatic heterocycles. The summed E-state index contributed by atoms with van der Waals surface area (Å²) in [6, 6.07) is 11.2. The topological polar surface area (TPSA) is 84.4 Å². The largest absolute Gasteiger partial charge is 0.496 e. The van der Waals surface area contributed by atoms with Gasteiger partial charge in [0.2, 0.25) is 0 Å². The minimum Gasteiger partial charge on any atom is -0.496 e. The molecule has 8 heteroatoms. The third-order valence-electron chi connectivity index (χ3n) is 4.35. The van der Waals surface area contributed by atoms with Crippen LogP contribution in [0.2, 0.25) is 0 Å². The molecule has 0 saturated heterocycles. The van der Waals surface area contributed by atoms with Crippen molar-refractivity contribution in [2.45, 2.75) is 6.54 Å². The Morgan fingerprint density at radius 1 is 1.13 bits per heavy atom. The highest BCUT2D eigenvalue weighted by molar-refractivity contribution is 5.95. The first kappa shape index (κ1) is 20.9. The van der Waals surface area contributed by atoms with E-state index in [9.17, 15) is 14.0 Å². The maximum Gasteiger partial charge on any atom is 0.273 e. The number of para-hydroxylation sites is 1. The summed E-state index contributed by atoms with van der Waals surface area (Å²) in [6.45, 7) is 0.224. The van der Waals surface area contributed by atoms with Crippen LogP contribution in [0.4, 0.5) is 4.39 Å². The minimum atomic E-state index is -0.596. The molecule has 3 rings (SSSR count). The van der Waals surface area contributed by atoms with E-state index in [1.54, 1.807) is 27.3 Å². The molecular weight excluding hydrogens is 387 g/mol.